The van der Waals surface area contributed by atoms with E-state index >= 15 is 0 Å². The Balaban J connectivity index is 0.00000208. The lowest BCUT2D eigenvalue weighted by atomic mass is 10.1. The third-order valence-corrected chi connectivity index (χ3v) is 4.04. The molecule has 2 aromatic carbocycles. The molecule has 0 saturated carbocycles. The van der Waals surface area contributed by atoms with Crippen molar-refractivity contribution < 1.29 is 9.66 Å². The second-order valence-corrected chi connectivity index (χ2v) is 5.48. The Morgan fingerprint density at radius 2 is 2.08 bits per heavy atom. The molecule has 0 amide bonds. The summed E-state index contributed by atoms with van der Waals surface area (Å²) in [5.74, 6) is 0.672. The molecule has 1 heterocycles. The molecule has 3 rings (SSSR count). The number of anilines is 1. The van der Waals surface area contributed by atoms with Crippen LogP contribution in [0.25, 0.3) is 0 Å². The molecule has 6 nitrogen and oxygen atoms in total. The number of hydrogen-bond donors (Lipinski definition) is 1. The Morgan fingerprint density at radius 1 is 1.29 bits per heavy atom. The first-order valence-electron chi connectivity index (χ1n) is 7.54. The van der Waals surface area contributed by atoms with Crippen molar-refractivity contribution in [2.24, 2.45) is 0 Å². The number of nitrogens with one attached hydrogen (secondary N) is 1. The number of halogens is 1. The van der Waals surface area contributed by atoms with Gasteiger partial charge in [-0.1, -0.05) is 18.2 Å². The summed E-state index contributed by atoms with van der Waals surface area (Å²) in [5.41, 5.74) is 3.29. The first-order chi connectivity index (χ1) is 11.2. The summed E-state index contributed by atoms with van der Waals surface area (Å²) in [7, 11) is 1.59. The highest BCUT2D eigenvalue weighted by Gasteiger charge is 2.18. The molecule has 0 atom stereocenters. The highest BCUT2D eigenvalue weighted by atomic mass is 35.5. The van der Waals surface area contributed by atoms with Crippen molar-refractivity contribution in [2.75, 3.05) is 25.1 Å². The van der Waals surface area contributed by atoms with Gasteiger partial charge in [-0.15, -0.1) is 12.4 Å². The van der Waals surface area contributed by atoms with Crippen LogP contribution in [0.2, 0.25) is 0 Å². The van der Waals surface area contributed by atoms with Gasteiger partial charge < -0.3 is 15.0 Å². The van der Waals surface area contributed by atoms with Gasteiger partial charge in [-0.05, 0) is 17.7 Å². The molecule has 0 spiro atoms. The summed E-state index contributed by atoms with van der Waals surface area (Å²) in [6, 6.07) is 13.0. The molecule has 0 saturated heterocycles. The molecule has 24 heavy (non-hydrogen) atoms. The van der Waals surface area contributed by atoms with Crippen LogP contribution in [0.4, 0.5) is 11.4 Å². The van der Waals surface area contributed by atoms with Gasteiger partial charge in [0, 0.05) is 49.6 Å². The largest absolute Gasteiger partial charge is 0.496 e. The average molecular weight is 350 g/mol. The van der Waals surface area contributed by atoms with Gasteiger partial charge in [0.1, 0.15) is 5.75 Å². The predicted molar refractivity (Wildman–Crippen MR) is 96.1 cm³/mol. The van der Waals surface area contributed by atoms with E-state index in [1.54, 1.807) is 19.2 Å². The van der Waals surface area contributed by atoms with E-state index in [-0.39, 0.29) is 23.0 Å². The topological polar surface area (TPSA) is 67.6 Å². The minimum Gasteiger partial charge on any atom is -0.496 e. The number of rotatable bonds is 4. The van der Waals surface area contributed by atoms with Crippen molar-refractivity contribution in [3.8, 4) is 5.75 Å². The minimum atomic E-state index is -0.374. The lowest BCUT2D eigenvalue weighted by Gasteiger charge is -2.25. The number of para-hydroxylation sites is 1. The molecule has 0 fully saturated rings. The number of benzene rings is 2. The lowest BCUT2D eigenvalue weighted by molar-refractivity contribution is -0.384. The third kappa shape index (κ3) is 3.77. The van der Waals surface area contributed by atoms with Gasteiger partial charge >= 0.3 is 0 Å². The van der Waals surface area contributed by atoms with E-state index in [1.807, 2.05) is 12.1 Å². The maximum Gasteiger partial charge on any atom is 0.270 e. The first-order valence-corrected chi connectivity index (χ1v) is 7.54. The van der Waals surface area contributed by atoms with Crippen molar-refractivity contribution in [1.29, 1.82) is 0 Å². The SMILES string of the molecule is COc1ccc([N+](=O)[O-])cc1CN1CCNCc2ccccc21.Cl. The zero-order valence-corrected chi connectivity index (χ0v) is 14.2. The van der Waals surface area contributed by atoms with E-state index < -0.39 is 0 Å². The predicted octanol–water partition coefficient (Wildman–Crippen LogP) is 3.14. The monoisotopic (exact) mass is 349 g/mol. The highest BCUT2D eigenvalue weighted by molar-refractivity contribution is 5.85. The van der Waals surface area contributed by atoms with Gasteiger partial charge in [0.05, 0.1) is 12.0 Å². The van der Waals surface area contributed by atoms with Crippen molar-refractivity contribution in [3.05, 3.63) is 63.7 Å². The summed E-state index contributed by atoms with van der Waals surface area (Å²) < 4.78 is 5.38. The molecular formula is C17H20ClN3O3. The second-order valence-electron chi connectivity index (χ2n) is 5.48. The fourth-order valence-corrected chi connectivity index (χ4v) is 2.90. The van der Waals surface area contributed by atoms with E-state index in [2.05, 4.69) is 22.3 Å². The van der Waals surface area contributed by atoms with E-state index in [4.69, 9.17) is 4.74 Å². The molecule has 1 N–H and O–H groups in total. The van der Waals surface area contributed by atoms with Gasteiger partial charge in [-0.2, -0.15) is 0 Å². The molecule has 128 valence electrons. The Kier molecular flexibility index (Phi) is 6.00. The number of ether oxygens (including phenoxy) is 1. The zero-order chi connectivity index (χ0) is 16.2. The number of hydrogen-bond acceptors (Lipinski definition) is 5. The number of nitrogens with zero attached hydrogens (tertiary/aromatic N) is 2. The first kappa shape index (κ1) is 18.0. The van der Waals surface area contributed by atoms with E-state index in [0.29, 0.717) is 12.3 Å². The molecule has 0 bridgehead atoms. The van der Waals surface area contributed by atoms with Crippen LogP contribution < -0.4 is 15.0 Å². The van der Waals surface area contributed by atoms with Crippen LogP contribution in [0.3, 0.4) is 0 Å². The number of nitro groups is 1. The number of non-ortho nitro benzene ring substituents is 1. The highest BCUT2D eigenvalue weighted by Crippen LogP contribution is 2.29. The molecule has 0 aromatic heterocycles. The van der Waals surface area contributed by atoms with Crippen molar-refractivity contribution >= 4 is 23.8 Å². The maximum absolute atomic E-state index is 11.0. The van der Waals surface area contributed by atoms with Crippen LogP contribution in [-0.4, -0.2) is 25.1 Å². The summed E-state index contributed by atoms with van der Waals surface area (Å²) >= 11 is 0. The number of methoxy groups -OCH3 is 1. The van der Waals surface area contributed by atoms with Crippen LogP contribution in [0.1, 0.15) is 11.1 Å². The van der Waals surface area contributed by atoms with Crippen molar-refractivity contribution in [2.45, 2.75) is 13.1 Å². The normalized spacial score (nSPS) is 13.5. The summed E-state index contributed by atoms with van der Waals surface area (Å²) in [6.07, 6.45) is 0. The molecule has 1 aliphatic rings. The summed E-state index contributed by atoms with van der Waals surface area (Å²) in [5, 5.41) is 14.4. The number of fused-ring (bicyclic) bond motifs is 1. The molecular weight excluding hydrogens is 330 g/mol. The van der Waals surface area contributed by atoms with Gasteiger partial charge in [-0.3, -0.25) is 10.1 Å². The Bertz CT molecular complexity index is 724. The molecule has 0 aliphatic carbocycles. The average Bonchev–Trinajstić information content (AvgIpc) is 2.77. The van der Waals surface area contributed by atoms with Crippen LogP contribution in [0.15, 0.2) is 42.5 Å². The zero-order valence-electron chi connectivity index (χ0n) is 13.4. The Morgan fingerprint density at radius 3 is 2.83 bits per heavy atom. The van der Waals surface area contributed by atoms with Gasteiger partial charge in [0.25, 0.3) is 5.69 Å². The summed E-state index contributed by atoms with van der Waals surface area (Å²) in [6.45, 7) is 3.11. The second kappa shape index (κ2) is 7.99. The Hall–Kier alpha value is -2.31. The number of nitro benzene ring substituents is 1. The molecule has 2 aromatic rings. The van der Waals surface area contributed by atoms with Gasteiger partial charge in [-0.25, -0.2) is 0 Å². The minimum absolute atomic E-state index is 0. The smallest absolute Gasteiger partial charge is 0.270 e. The molecule has 1 aliphatic heterocycles. The van der Waals surface area contributed by atoms with Crippen LogP contribution in [0.5, 0.6) is 5.75 Å². The standard InChI is InChI=1S/C17H19N3O3.ClH/c1-23-17-7-6-15(20(21)22)10-14(17)12-19-9-8-18-11-13-4-2-3-5-16(13)19;/h2-7,10,18H,8-9,11-12H2,1H3;1H. The molecule has 0 radical (unpaired) electrons. The maximum atomic E-state index is 11.0. The van der Waals surface area contributed by atoms with Crippen molar-refractivity contribution in [3.63, 3.8) is 0 Å². The Labute approximate surface area is 147 Å². The van der Waals surface area contributed by atoms with Gasteiger partial charge in [0.2, 0.25) is 0 Å². The summed E-state index contributed by atoms with van der Waals surface area (Å²) in [4.78, 5) is 12.9. The van der Waals surface area contributed by atoms with Crippen LogP contribution >= 0.6 is 12.4 Å². The fraction of sp³-hybridized carbons (Fsp3) is 0.294. The fourth-order valence-electron chi connectivity index (χ4n) is 2.90. The van der Waals surface area contributed by atoms with E-state index in [0.717, 1.165) is 30.9 Å². The van der Waals surface area contributed by atoms with Crippen LogP contribution in [0, 0.1) is 10.1 Å². The quantitative estimate of drug-likeness (QED) is 0.678. The van der Waals surface area contributed by atoms with Crippen molar-refractivity contribution in [1.82, 2.24) is 5.32 Å². The van der Waals surface area contributed by atoms with Crippen LogP contribution in [-0.2, 0) is 13.1 Å². The van der Waals surface area contributed by atoms with E-state index in [9.17, 15) is 10.1 Å². The molecule has 7 heteroatoms. The van der Waals surface area contributed by atoms with Gasteiger partial charge in [0.15, 0.2) is 0 Å². The third-order valence-electron chi connectivity index (χ3n) is 4.04. The lowest BCUT2D eigenvalue weighted by Crippen LogP contribution is -2.28. The molecule has 0 unspecified atom stereocenters. The van der Waals surface area contributed by atoms with E-state index in [1.165, 1.54) is 11.6 Å².